The van der Waals surface area contributed by atoms with Crippen LogP contribution >= 0.6 is 15.9 Å². The number of nitrogens with one attached hydrogen (secondary N) is 1. The first-order valence-corrected chi connectivity index (χ1v) is 7.57. The van der Waals surface area contributed by atoms with Crippen LogP contribution in [0.2, 0.25) is 0 Å². The number of carboxylic acids is 1. The van der Waals surface area contributed by atoms with E-state index in [1.165, 1.54) is 12.1 Å². The van der Waals surface area contributed by atoms with E-state index in [1.54, 1.807) is 13.0 Å². The van der Waals surface area contributed by atoms with Crippen LogP contribution in [0.25, 0.3) is 0 Å². The number of rotatable bonds is 7. The van der Waals surface area contributed by atoms with E-state index in [1.807, 2.05) is 0 Å². The number of hydrogen-bond donors (Lipinski definition) is 2. The van der Waals surface area contributed by atoms with Gasteiger partial charge in [-0.15, -0.1) is 0 Å². The Bertz CT molecular complexity index is 516. The summed E-state index contributed by atoms with van der Waals surface area (Å²) in [5.41, 5.74) is 0.0196. The van der Waals surface area contributed by atoms with Gasteiger partial charge in [0.25, 0.3) is 5.91 Å². The van der Waals surface area contributed by atoms with Gasteiger partial charge in [-0.1, -0.05) is 29.8 Å². The van der Waals surface area contributed by atoms with Crippen LogP contribution in [-0.2, 0) is 4.79 Å². The lowest BCUT2D eigenvalue weighted by atomic mass is 10.1. The molecule has 116 valence electrons. The molecule has 0 aliphatic carbocycles. The average molecular weight is 358 g/mol. The molecule has 0 aromatic heterocycles. The molecule has 0 spiro atoms. The minimum atomic E-state index is -1.10. The van der Waals surface area contributed by atoms with E-state index in [0.29, 0.717) is 16.9 Å². The first kappa shape index (κ1) is 17.5. The van der Waals surface area contributed by atoms with Crippen LogP contribution in [0.3, 0.4) is 0 Å². The van der Waals surface area contributed by atoms with Gasteiger partial charge >= 0.3 is 5.97 Å². The van der Waals surface area contributed by atoms with Crippen LogP contribution in [0.15, 0.2) is 22.7 Å². The maximum atomic E-state index is 11.9. The molecule has 21 heavy (non-hydrogen) atoms. The van der Waals surface area contributed by atoms with Gasteiger partial charge < -0.3 is 15.2 Å². The van der Waals surface area contributed by atoms with Crippen LogP contribution in [0.4, 0.5) is 0 Å². The van der Waals surface area contributed by atoms with Crippen molar-refractivity contribution in [2.45, 2.75) is 33.3 Å². The number of hydrogen-bond acceptors (Lipinski definition) is 3. The summed E-state index contributed by atoms with van der Waals surface area (Å²) in [5, 5.41) is 11.9. The van der Waals surface area contributed by atoms with E-state index in [4.69, 9.17) is 9.84 Å². The fourth-order valence-electron chi connectivity index (χ4n) is 1.64. The summed E-state index contributed by atoms with van der Waals surface area (Å²) in [6.45, 7) is 6.33. The van der Waals surface area contributed by atoms with Gasteiger partial charge in [0.1, 0.15) is 11.3 Å². The van der Waals surface area contributed by atoms with Crippen molar-refractivity contribution in [3.8, 4) is 5.75 Å². The van der Waals surface area contributed by atoms with Crippen LogP contribution in [0, 0.1) is 5.92 Å². The van der Waals surface area contributed by atoms with Crippen molar-refractivity contribution in [3.05, 3.63) is 28.2 Å². The van der Waals surface area contributed by atoms with Crippen LogP contribution in [0.1, 0.15) is 37.6 Å². The molecule has 0 fully saturated rings. The largest absolute Gasteiger partial charge is 0.480 e. The molecule has 1 aromatic carbocycles. The van der Waals surface area contributed by atoms with Crippen molar-refractivity contribution >= 4 is 27.8 Å². The van der Waals surface area contributed by atoms with E-state index in [0.717, 1.165) is 6.42 Å². The normalized spacial score (nSPS) is 12.0. The molecule has 1 atom stereocenters. The summed E-state index contributed by atoms with van der Waals surface area (Å²) in [4.78, 5) is 23.1. The third kappa shape index (κ3) is 5.75. The lowest BCUT2D eigenvalue weighted by Gasteiger charge is -2.16. The van der Waals surface area contributed by atoms with Gasteiger partial charge in [0, 0.05) is 11.0 Å². The zero-order chi connectivity index (χ0) is 16.0. The van der Waals surface area contributed by atoms with E-state index in [-0.39, 0.29) is 17.2 Å². The van der Waals surface area contributed by atoms with E-state index < -0.39 is 12.1 Å². The molecule has 1 unspecified atom stereocenters. The molecule has 0 radical (unpaired) electrons. The van der Waals surface area contributed by atoms with Gasteiger partial charge in [-0.25, -0.2) is 4.79 Å². The Kier molecular flexibility index (Phi) is 6.68. The summed E-state index contributed by atoms with van der Waals surface area (Å²) < 4.78 is 6.11. The highest BCUT2D eigenvalue weighted by Gasteiger charge is 2.18. The molecule has 0 aliphatic heterocycles. The van der Waals surface area contributed by atoms with E-state index in [2.05, 4.69) is 35.1 Å². The van der Waals surface area contributed by atoms with Crippen molar-refractivity contribution in [3.63, 3.8) is 0 Å². The minimum absolute atomic E-state index is 0.0196. The second-order valence-corrected chi connectivity index (χ2v) is 6.09. The predicted octanol–water partition coefficient (Wildman–Crippen LogP) is 3.08. The number of aromatic carboxylic acids is 1. The summed E-state index contributed by atoms with van der Waals surface area (Å²) in [6.07, 6.45) is 0.133. The van der Waals surface area contributed by atoms with Crippen molar-refractivity contribution < 1.29 is 19.4 Å². The van der Waals surface area contributed by atoms with Gasteiger partial charge in [-0.05, 0) is 37.5 Å². The number of ether oxygens (including phenoxy) is 1. The molecule has 0 heterocycles. The number of carbonyl (C=O) groups excluding carboxylic acids is 1. The lowest BCUT2D eigenvalue weighted by Crippen LogP contribution is -2.37. The number of halogens is 1. The highest BCUT2D eigenvalue weighted by molar-refractivity contribution is 9.10. The highest BCUT2D eigenvalue weighted by Crippen LogP contribution is 2.24. The molecule has 2 N–H and O–H groups in total. The molecule has 6 heteroatoms. The molecule has 0 aliphatic rings. The number of carboxylic acid groups (broad SMARTS) is 1. The van der Waals surface area contributed by atoms with E-state index in [9.17, 15) is 9.59 Å². The van der Waals surface area contributed by atoms with Crippen LogP contribution in [-0.4, -0.2) is 29.6 Å². The Morgan fingerprint density at radius 2 is 2.00 bits per heavy atom. The average Bonchev–Trinajstić information content (AvgIpc) is 2.39. The topological polar surface area (TPSA) is 75.6 Å². The zero-order valence-electron chi connectivity index (χ0n) is 12.4. The molecule has 1 aromatic rings. The SMILES string of the molecule is CC(C)CCNC(=O)C(C)Oc1ccc(Br)cc1C(=O)O. The molecular formula is C15H20BrNO4. The fourth-order valence-corrected chi connectivity index (χ4v) is 2.00. The number of carbonyl (C=O) groups is 2. The first-order valence-electron chi connectivity index (χ1n) is 6.78. The second-order valence-electron chi connectivity index (χ2n) is 5.18. The minimum Gasteiger partial charge on any atom is -0.480 e. The van der Waals surface area contributed by atoms with Crippen LogP contribution in [0.5, 0.6) is 5.75 Å². The Balaban J connectivity index is 2.68. The Morgan fingerprint density at radius 1 is 1.33 bits per heavy atom. The maximum Gasteiger partial charge on any atom is 0.339 e. The Labute approximate surface area is 132 Å². The summed E-state index contributed by atoms with van der Waals surface area (Å²) in [7, 11) is 0. The smallest absolute Gasteiger partial charge is 0.339 e. The Hall–Kier alpha value is -1.56. The number of amides is 1. The molecule has 1 rings (SSSR count). The zero-order valence-corrected chi connectivity index (χ0v) is 13.9. The first-order chi connectivity index (χ1) is 9.81. The number of benzene rings is 1. The maximum absolute atomic E-state index is 11.9. The second kappa shape index (κ2) is 8.02. The van der Waals surface area contributed by atoms with Crippen molar-refractivity contribution in [1.82, 2.24) is 5.32 Å². The van der Waals surface area contributed by atoms with Gasteiger partial charge in [0.05, 0.1) is 0 Å². The quantitative estimate of drug-likeness (QED) is 0.786. The molecular weight excluding hydrogens is 338 g/mol. The molecule has 0 saturated heterocycles. The lowest BCUT2D eigenvalue weighted by molar-refractivity contribution is -0.127. The predicted molar refractivity (Wildman–Crippen MR) is 83.7 cm³/mol. The summed E-state index contributed by atoms with van der Waals surface area (Å²) in [5.74, 6) is -0.669. The summed E-state index contributed by atoms with van der Waals surface area (Å²) in [6, 6.07) is 4.65. The van der Waals surface area contributed by atoms with Gasteiger partial charge in [-0.2, -0.15) is 0 Å². The summed E-state index contributed by atoms with van der Waals surface area (Å²) >= 11 is 3.21. The third-order valence-corrected chi connectivity index (χ3v) is 3.36. The molecule has 1 amide bonds. The molecule has 0 bridgehead atoms. The third-order valence-electron chi connectivity index (χ3n) is 2.87. The van der Waals surface area contributed by atoms with Crippen LogP contribution < -0.4 is 10.1 Å². The fraction of sp³-hybridized carbons (Fsp3) is 0.467. The van der Waals surface area contributed by atoms with Crippen molar-refractivity contribution in [1.29, 1.82) is 0 Å². The molecule has 5 nitrogen and oxygen atoms in total. The van der Waals surface area contributed by atoms with Crippen molar-refractivity contribution in [2.24, 2.45) is 5.92 Å². The Morgan fingerprint density at radius 3 is 2.57 bits per heavy atom. The van der Waals surface area contributed by atoms with Gasteiger partial charge in [-0.3, -0.25) is 4.79 Å². The monoisotopic (exact) mass is 357 g/mol. The van der Waals surface area contributed by atoms with E-state index >= 15 is 0 Å². The van der Waals surface area contributed by atoms with Gasteiger partial charge in [0.15, 0.2) is 6.10 Å². The van der Waals surface area contributed by atoms with Crippen molar-refractivity contribution in [2.75, 3.05) is 6.54 Å². The highest BCUT2D eigenvalue weighted by atomic mass is 79.9. The van der Waals surface area contributed by atoms with Gasteiger partial charge in [0.2, 0.25) is 0 Å². The standard InChI is InChI=1S/C15H20BrNO4/c1-9(2)6-7-17-14(18)10(3)21-13-5-4-11(16)8-12(13)15(19)20/h4-5,8-10H,6-7H2,1-3H3,(H,17,18)(H,19,20). The molecule has 0 saturated carbocycles.